The molecule has 0 spiro atoms. The summed E-state index contributed by atoms with van der Waals surface area (Å²) in [6.07, 6.45) is 6.74. The number of unbranched alkanes of at least 4 members (excludes halogenated alkanes) is 4. The van der Waals surface area contributed by atoms with E-state index in [-0.39, 0.29) is 17.4 Å². The van der Waals surface area contributed by atoms with Crippen LogP contribution < -0.4 is 5.32 Å². The van der Waals surface area contributed by atoms with Crippen LogP contribution in [0.15, 0.2) is 18.2 Å². The summed E-state index contributed by atoms with van der Waals surface area (Å²) in [4.78, 5) is 10.3. The second-order valence-electron chi connectivity index (χ2n) is 5.14. The maximum Gasteiger partial charge on any atom is 0.295 e. The van der Waals surface area contributed by atoms with Crippen molar-refractivity contribution >= 4 is 11.4 Å². The van der Waals surface area contributed by atoms with E-state index in [1.807, 2.05) is 6.92 Å². The van der Waals surface area contributed by atoms with Crippen LogP contribution in [0.4, 0.5) is 15.8 Å². The standard InChI is InChI=1S/C15H23FN2O2/c1-3-4-5-6-7-9-12(2)17-15-13(16)10-8-11-14(15)18(19)20/h8,10-12,17H,3-7,9H2,1-2H3. The van der Waals surface area contributed by atoms with Crippen LogP contribution in [0.3, 0.4) is 0 Å². The molecule has 0 saturated heterocycles. The smallest absolute Gasteiger partial charge is 0.295 e. The van der Waals surface area contributed by atoms with Gasteiger partial charge in [0.05, 0.1) is 4.92 Å². The molecule has 0 aliphatic carbocycles. The SMILES string of the molecule is CCCCCCCC(C)Nc1c(F)cccc1[N+](=O)[O-]. The Kier molecular flexibility index (Phi) is 6.98. The third kappa shape index (κ3) is 5.15. The molecule has 0 fully saturated rings. The Morgan fingerprint density at radius 1 is 1.30 bits per heavy atom. The van der Waals surface area contributed by atoms with Crippen molar-refractivity contribution in [3.8, 4) is 0 Å². The van der Waals surface area contributed by atoms with Crippen LogP contribution in [0.5, 0.6) is 0 Å². The molecule has 0 aliphatic heterocycles. The van der Waals surface area contributed by atoms with Gasteiger partial charge in [-0.1, -0.05) is 45.1 Å². The van der Waals surface area contributed by atoms with E-state index in [1.54, 1.807) is 0 Å². The molecule has 1 unspecified atom stereocenters. The summed E-state index contributed by atoms with van der Waals surface area (Å²) in [6.45, 7) is 4.09. The molecular weight excluding hydrogens is 259 g/mol. The second kappa shape index (κ2) is 8.51. The molecule has 1 aromatic carbocycles. The van der Waals surface area contributed by atoms with Gasteiger partial charge in [0.1, 0.15) is 5.69 Å². The molecule has 0 bridgehead atoms. The predicted octanol–water partition coefficient (Wildman–Crippen LogP) is 4.89. The molecule has 5 heteroatoms. The molecule has 1 atom stereocenters. The van der Waals surface area contributed by atoms with Gasteiger partial charge in [0.25, 0.3) is 5.69 Å². The van der Waals surface area contributed by atoms with Crippen molar-refractivity contribution in [1.29, 1.82) is 0 Å². The van der Waals surface area contributed by atoms with Crippen molar-refractivity contribution in [2.24, 2.45) is 0 Å². The van der Waals surface area contributed by atoms with Crippen LogP contribution in [-0.4, -0.2) is 11.0 Å². The third-order valence-electron chi connectivity index (χ3n) is 3.32. The van der Waals surface area contributed by atoms with Gasteiger partial charge in [0, 0.05) is 12.1 Å². The fraction of sp³-hybridized carbons (Fsp3) is 0.600. The number of rotatable bonds is 9. The van der Waals surface area contributed by atoms with Gasteiger partial charge in [0.2, 0.25) is 0 Å². The number of benzene rings is 1. The Balaban J connectivity index is 2.53. The van der Waals surface area contributed by atoms with E-state index < -0.39 is 10.7 Å². The Labute approximate surface area is 119 Å². The van der Waals surface area contributed by atoms with E-state index in [0.29, 0.717) is 0 Å². The molecule has 0 amide bonds. The number of anilines is 1. The molecule has 1 N–H and O–H groups in total. The minimum absolute atomic E-state index is 0.00134. The van der Waals surface area contributed by atoms with Gasteiger partial charge in [-0.15, -0.1) is 0 Å². The van der Waals surface area contributed by atoms with Gasteiger partial charge in [-0.3, -0.25) is 10.1 Å². The van der Waals surface area contributed by atoms with Crippen LogP contribution in [-0.2, 0) is 0 Å². The molecule has 112 valence electrons. The van der Waals surface area contributed by atoms with E-state index >= 15 is 0 Å². The summed E-state index contributed by atoms with van der Waals surface area (Å²) in [5.41, 5.74) is -0.207. The van der Waals surface area contributed by atoms with Gasteiger partial charge in [-0.25, -0.2) is 4.39 Å². The van der Waals surface area contributed by atoms with Crippen molar-refractivity contribution < 1.29 is 9.31 Å². The first-order valence-corrected chi connectivity index (χ1v) is 7.25. The molecule has 1 aromatic rings. The lowest BCUT2D eigenvalue weighted by Crippen LogP contribution is -2.17. The van der Waals surface area contributed by atoms with Crippen molar-refractivity contribution in [3.05, 3.63) is 34.1 Å². The van der Waals surface area contributed by atoms with Gasteiger partial charge >= 0.3 is 0 Å². The first-order valence-electron chi connectivity index (χ1n) is 7.25. The van der Waals surface area contributed by atoms with Crippen LogP contribution in [0, 0.1) is 15.9 Å². The van der Waals surface area contributed by atoms with Crippen LogP contribution in [0.25, 0.3) is 0 Å². The summed E-state index contributed by atoms with van der Waals surface area (Å²) >= 11 is 0. The predicted molar refractivity (Wildman–Crippen MR) is 79.5 cm³/mol. The van der Waals surface area contributed by atoms with E-state index in [9.17, 15) is 14.5 Å². The maximum absolute atomic E-state index is 13.7. The lowest BCUT2D eigenvalue weighted by atomic mass is 10.1. The van der Waals surface area contributed by atoms with E-state index in [4.69, 9.17) is 0 Å². The minimum atomic E-state index is -0.572. The number of halogens is 1. The number of hydrogen-bond donors (Lipinski definition) is 1. The minimum Gasteiger partial charge on any atom is -0.375 e. The summed E-state index contributed by atoms with van der Waals surface area (Å²) in [6, 6.07) is 3.93. The van der Waals surface area contributed by atoms with E-state index in [0.717, 1.165) is 19.3 Å². The number of nitrogens with one attached hydrogen (secondary N) is 1. The zero-order valence-corrected chi connectivity index (χ0v) is 12.2. The summed E-state index contributed by atoms with van der Waals surface area (Å²) < 4.78 is 13.7. The Hall–Kier alpha value is -1.65. The van der Waals surface area contributed by atoms with Gasteiger partial charge in [-0.05, 0) is 19.4 Å². The fourth-order valence-corrected chi connectivity index (χ4v) is 2.18. The van der Waals surface area contributed by atoms with Crippen molar-refractivity contribution in [2.75, 3.05) is 5.32 Å². The second-order valence-corrected chi connectivity index (χ2v) is 5.14. The third-order valence-corrected chi connectivity index (χ3v) is 3.32. The topological polar surface area (TPSA) is 55.2 Å². The monoisotopic (exact) mass is 282 g/mol. The maximum atomic E-state index is 13.7. The molecule has 4 nitrogen and oxygen atoms in total. The Morgan fingerprint density at radius 2 is 2.00 bits per heavy atom. The van der Waals surface area contributed by atoms with Crippen molar-refractivity contribution in [2.45, 2.75) is 58.4 Å². The zero-order valence-electron chi connectivity index (χ0n) is 12.2. The zero-order chi connectivity index (χ0) is 15.0. The highest BCUT2D eigenvalue weighted by Gasteiger charge is 2.18. The molecule has 0 radical (unpaired) electrons. The van der Waals surface area contributed by atoms with E-state index in [2.05, 4.69) is 12.2 Å². The highest BCUT2D eigenvalue weighted by molar-refractivity contribution is 5.62. The highest BCUT2D eigenvalue weighted by atomic mass is 19.1. The summed E-state index contributed by atoms with van der Waals surface area (Å²) in [7, 11) is 0. The molecule has 0 aliphatic rings. The molecule has 1 rings (SSSR count). The highest BCUT2D eigenvalue weighted by Crippen LogP contribution is 2.28. The lowest BCUT2D eigenvalue weighted by Gasteiger charge is -2.15. The van der Waals surface area contributed by atoms with Gasteiger partial charge in [-0.2, -0.15) is 0 Å². The number of nitro benzene ring substituents is 1. The van der Waals surface area contributed by atoms with Crippen LogP contribution in [0.1, 0.15) is 52.4 Å². The first kappa shape index (κ1) is 16.4. The van der Waals surface area contributed by atoms with Crippen LogP contribution >= 0.6 is 0 Å². The Morgan fingerprint density at radius 3 is 2.65 bits per heavy atom. The molecule has 0 aromatic heterocycles. The van der Waals surface area contributed by atoms with Crippen LogP contribution in [0.2, 0.25) is 0 Å². The quantitative estimate of drug-likeness (QED) is 0.398. The number of para-hydroxylation sites is 1. The number of hydrogen-bond acceptors (Lipinski definition) is 3. The summed E-state index contributed by atoms with van der Waals surface area (Å²) in [5, 5.41) is 13.8. The average molecular weight is 282 g/mol. The van der Waals surface area contributed by atoms with Gasteiger partial charge < -0.3 is 5.32 Å². The van der Waals surface area contributed by atoms with Crippen molar-refractivity contribution in [3.63, 3.8) is 0 Å². The number of nitro groups is 1. The molecule has 20 heavy (non-hydrogen) atoms. The number of nitrogens with zero attached hydrogens (tertiary/aromatic N) is 1. The largest absolute Gasteiger partial charge is 0.375 e. The van der Waals surface area contributed by atoms with Crippen molar-refractivity contribution in [1.82, 2.24) is 0 Å². The molecular formula is C15H23FN2O2. The Bertz CT molecular complexity index is 438. The summed E-state index contributed by atoms with van der Waals surface area (Å²) in [5.74, 6) is -0.572. The molecule has 0 heterocycles. The normalized spacial score (nSPS) is 12.2. The first-order chi connectivity index (χ1) is 9.56. The molecule has 0 saturated carbocycles. The van der Waals surface area contributed by atoms with E-state index in [1.165, 1.54) is 37.5 Å². The lowest BCUT2D eigenvalue weighted by molar-refractivity contribution is -0.384. The average Bonchev–Trinajstić information content (AvgIpc) is 2.40. The fourth-order valence-electron chi connectivity index (χ4n) is 2.18. The van der Waals surface area contributed by atoms with Gasteiger partial charge in [0.15, 0.2) is 5.82 Å².